The first-order valence-electron chi connectivity index (χ1n) is 6.83. The lowest BCUT2D eigenvalue weighted by Crippen LogP contribution is -2.17. The number of aryl methyl sites for hydroxylation is 1. The van der Waals surface area contributed by atoms with E-state index in [1.54, 1.807) is 0 Å². The summed E-state index contributed by atoms with van der Waals surface area (Å²) in [5, 5.41) is 9.42. The number of nitrogens with zero attached hydrogens (tertiary/aromatic N) is 4. The predicted octanol–water partition coefficient (Wildman–Crippen LogP) is 3.15. The van der Waals surface area contributed by atoms with Crippen molar-refractivity contribution < 1.29 is 0 Å². The molecule has 4 nitrogen and oxygen atoms in total. The van der Waals surface area contributed by atoms with Gasteiger partial charge in [-0.1, -0.05) is 35.9 Å². The molecule has 2 heterocycles. The minimum absolute atomic E-state index is 0.570. The molecule has 21 heavy (non-hydrogen) atoms. The molecule has 0 aliphatic rings. The Morgan fingerprint density at radius 3 is 2.67 bits per heavy atom. The lowest BCUT2D eigenvalue weighted by molar-refractivity contribution is 0.901. The van der Waals surface area contributed by atoms with Gasteiger partial charge < -0.3 is 4.90 Å². The highest BCUT2D eigenvalue weighted by Gasteiger charge is 2.15. The van der Waals surface area contributed by atoms with Gasteiger partial charge in [-0.05, 0) is 24.6 Å². The van der Waals surface area contributed by atoms with Crippen LogP contribution in [0.1, 0.15) is 16.8 Å². The van der Waals surface area contributed by atoms with Gasteiger partial charge in [0.15, 0.2) is 11.5 Å². The van der Waals surface area contributed by atoms with Gasteiger partial charge >= 0.3 is 0 Å². The Morgan fingerprint density at radius 1 is 1.19 bits per heavy atom. The number of pyridine rings is 1. The number of aromatic nitrogens is 2. The molecule has 0 aliphatic heterocycles. The Bertz CT molecular complexity index is 809. The maximum atomic E-state index is 9.42. The third-order valence-electron chi connectivity index (χ3n) is 3.52. The number of hydrogen-bond donors (Lipinski definition) is 0. The summed E-state index contributed by atoms with van der Waals surface area (Å²) < 4.78 is 1.82. The fourth-order valence-electron chi connectivity index (χ4n) is 2.40. The number of nitriles is 1. The van der Waals surface area contributed by atoms with Gasteiger partial charge in [0, 0.05) is 19.8 Å². The fourth-order valence-corrected chi connectivity index (χ4v) is 2.40. The molecule has 0 fully saturated rings. The number of hydrogen-bond acceptors (Lipinski definition) is 3. The van der Waals surface area contributed by atoms with E-state index >= 15 is 0 Å². The van der Waals surface area contributed by atoms with Gasteiger partial charge in [-0.2, -0.15) is 5.26 Å². The largest absolute Gasteiger partial charge is 0.353 e. The van der Waals surface area contributed by atoms with Crippen LogP contribution in [0.4, 0.5) is 5.82 Å². The van der Waals surface area contributed by atoms with Crippen molar-refractivity contribution in [1.29, 1.82) is 5.26 Å². The molecule has 0 saturated carbocycles. The van der Waals surface area contributed by atoms with Crippen molar-refractivity contribution >= 4 is 11.5 Å². The second kappa shape index (κ2) is 5.29. The number of benzene rings is 1. The first-order valence-corrected chi connectivity index (χ1v) is 6.83. The van der Waals surface area contributed by atoms with E-state index in [2.05, 4.69) is 42.2 Å². The van der Waals surface area contributed by atoms with Crippen LogP contribution in [0.25, 0.3) is 5.65 Å². The van der Waals surface area contributed by atoms with Gasteiger partial charge in [-0.25, -0.2) is 4.98 Å². The molecule has 104 valence electrons. The quantitative estimate of drug-likeness (QED) is 0.738. The first-order chi connectivity index (χ1) is 10.2. The van der Waals surface area contributed by atoms with E-state index in [-0.39, 0.29) is 0 Å². The van der Waals surface area contributed by atoms with Gasteiger partial charge in [0.1, 0.15) is 11.7 Å². The Labute approximate surface area is 123 Å². The van der Waals surface area contributed by atoms with Crippen LogP contribution in [-0.4, -0.2) is 16.4 Å². The van der Waals surface area contributed by atoms with Crippen LogP contribution in [0.5, 0.6) is 0 Å². The van der Waals surface area contributed by atoms with Crippen LogP contribution in [-0.2, 0) is 6.54 Å². The van der Waals surface area contributed by atoms with Gasteiger partial charge in [0.2, 0.25) is 0 Å². The van der Waals surface area contributed by atoms with E-state index in [0.29, 0.717) is 11.5 Å². The zero-order valence-electron chi connectivity index (χ0n) is 12.1. The van der Waals surface area contributed by atoms with E-state index < -0.39 is 0 Å². The summed E-state index contributed by atoms with van der Waals surface area (Å²) in [6, 6.07) is 16.4. The van der Waals surface area contributed by atoms with Crippen molar-refractivity contribution in [2.24, 2.45) is 0 Å². The standard InChI is InChI=1S/C17H16N4/c1-13-6-8-14(9-7-13)12-20(2)17-15(11-18)21-10-4-3-5-16(21)19-17/h3-10H,12H2,1-2H3. The molecule has 1 aromatic carbocycles. The van der Waals surface area contributed by atoms with E-state index in [1.807, 2.05) is 40.7 Å². The van der Waals surface area contributed by atoms with Crippen LogP contribution in [0, 0.1) is 18.3 Å². The van der Waals surface area contributed by atoms with Crippen molar-refractivity contribution in [2.45, 2.75) is 13.5 Å². The molecule has 3 aromatic rings. The Morgan fingerprint density at radius 2 is 1.95 bits per heavy atom. The lowest BCUT2D eigenvalue weighted by Gasteiger charge is -2.16. The summed E-state index contributed by atoms with van der Waals surface area (Å²) in [6.45, 7) is 2.79. The Balaban J connectivity index is 1.96. The first kappa shape index (κ1) is 13.2. The SMILES string of the molecule is Cc1ccc(CN(C)c2nc3ccccn3c2C#N)cc1. The average Bonchev–Trinajstić information content (AvgIpc) is 2.88. The zero-order valence-corrected chi connectivity index (χ0v) is 12.1. The zero-order chi connectivity index (χ0) is 14.8. The second-order valence-corrected chi connectivity index (χ2v) is 5.17. The van der Waals surface area contributed by atoms with Gasteiger partial charge in [0.05, 0.1) is 0 Å². The summed E-state index contributed by atoms with van der Waals surface area (Å²) in [5.74, 6) is 0.712. The van der Waals surface area contributed by atoms with Crippen LogP contribution < -0.4 is 4.90 Å². The Hall–Kier alpha value is -2.80. The molecular weight excluding hydrogens is 260 g/mol. The van der Waals surface area contributed by atoms with Crippen LogP contribution in [0.3, 0.4) is 0 Å². The maximum Gasteiger partial charge on any atom is 0.169 e. The Kier molecular flexibility index (Phi) is 3.33. The summed E-state index contributed by atoms with van der Waals surface area (Å²) in [5.41, 5.74) is 3.80. The number of rotatable bonds is 3. The van der Waals surface area contributed by atoms with E-state index in [9.17, 15) is 5.26 Å². The van der Waals surface area contributed by atoms with Crippen molar-refractivity contribution in [1.82, 2.24) is 9.38 Å². The molecule has 3 rings (SSSR count). The predicted molar refractivity (Wildman–Crippen MR) is 83.2 cm³/mol. The summed E-state index contributed by atoms with van der Waals surface area (Å²) in [7, 11) is 1.96. The monoisotopic (exact) mass is 276 g/mol. The average molecular weight is 276 g/mol. The number of imidazole rings is 1. The molecule has 0 spiro atoms. The summed E-state index contributed by atoms with van der Waals surface area (Å²) >= 11 is 0. The smallest absolute Gasteiger partial charge is 0.169 e. The normalized spacial score (nSPS) is 10.5. The lowest BCUT2D eigenvalue weighted by atomic mass is 10.1. The summed E-state index contributed by atoms with van der Waals surface area (Å²) in [6.07, 6.45) is 1.87. The maximum absolute atomic E-state index is 9.42. The molecule has 0 amide bonds. The van der Waals surface area contributed by atoms with Crippen LogP contribution >= 0.6 is 0 Å². The van der Waals surface area contributed by atoms with E-state index in [1.165, 1.54) is 11.1 Å². The van der Waals surface area contributed by atoms with E-state index in [0.717, 1.165) is 12.2 Å². The number of anilines is 1. The molecule has 0 aliphatic carbocycles. The highest BCUT2D eigenvalue weighted by molar-refractivity contribution is 5.60. The molecule has 4 heteroatoms. The molecule has 0 N–H and O–H groups in total. The molecule has 2 aromatic heterocycles. The molecule has 0 radical (unpaired) electrons. The topological polar surface area (TPSA) is 44.3 Å². The molecular formula is C17H16N4. The minimum atomic E-state index is 0.570. The minimum Gasteiger partial charge on any atom is -0.353 e. The second-order valence-electron chi connectivity index (χ2n) is 5.17. The van der Waals surface area contributed by atoms with Gasteiger partial charge in [0.25, 0.3) is 0 Å². The fraction of sp³-hybridized carbons (Fsp3) is 0.176. The van der Waals surface area contributed by atoms with Crippen molar-refractivity contribution in [2.75, 3.05) is 11.9 Å². The van der Waals surface area contributed by atoms with Gasteiger partial charge in [-0.3, -0.25) is 4.40 Å². The van der Waals surface area contributed by atoms with Crippen LogP contribution in [0.2, 0.25) is 0 Å². The summed E-state index contributed by atoms with van der Waals surface area (Å²) in [4.78, 5) is 6.57. The van der Waals surface area contributed by atoms with Crippen molar-refractivity contribution in [3.63, 3.8) is 0 Å². The third kappa shape index (κ3) is 2.46. The highest BCUT2D eigenvalue weighted by Crippen LogP contribution is 2.21. The molecule has 0 unspecified atom stereocenters. The third-order valence-corrected chi connectivity index (χ3v) is 3.52. The van der Waals surface area contributed by atoms with Gasteiger partial charge in [-0.15, -0.1) is 0 Å². The molecule has 0 atom stereocenters. The highest BCUT2D eigenvalue weighted by atomic mass is 15.2. The van der Waals surface area contributed by atoms with Crippen LogP contribution in [0.15, 0.2) is 48.7 Å². The molecule has 0 saturated heterocycles. The number of fused-ring (bicyclic) bond motifs is 1. The van der Waals surface area contributed by atoms with Crippen molar-refractivity contribution in [3.05, 3.63) is 65.5 Å². The van der Waals surface area contributed by atoms with E-state index in [4.69, 9.17) is 0 Å². The van der Waals surface area contributed by atoms with Crippen molar-refractivity contribution in [3.8, 4) is 6.07 Å². The molecule has 0 bridgehead atoms.